The molecule has 2 aromatic carbocycles. The molecule has 1 saturated carbocycles. The van der Waals surface area contributed by atoms with Gasteiger partial charge in [-0.25, -0.2) is 13.2 Å². The Balaban J connectivity index is 1.33. The molecular formula is C32H30ClF3N6O3S. The third kappa shape index (κ3) is 5.26. The molecule has 1 aliphatic carbocycles. The summed E-state index contributed by atoms with van der Waals surface area (Å²) in [7, 11) is 0. The molecule has 240 valence electrons. The van der Waals surface area contributed by atoms with E-state index in [-0.39, 0.29) is 84.3 Å². The van der Waals surface area contributed by atoms with E-state index in [1.165, 1.54) is 25.1 Å². The highest BCUT2D eigenvalue weighted by atomic mass is 35.5. The maximum absolute atomic E-state index is 16.8. The van der Waals surface area contributed by atoms with Gasteiger partial charge in [0.15, 0.2) is 5.82 Å². The number of rotatable bonds is 7. The van der Waals surface area contributed by atoms with Crippen molar-refractivity contribution in [2.75, 3.05) is 25.4 Å². The summed E-state index contributed by atoms with van der Waals surface area (Å²) in [5.41, 5.74) is 5.51. The number of nitrogens with two attached hydrogens (primary N) is 1. The molecule has 9 nitrogen and oxygen atoms in total. The first kappa shape index (κ1) is 30.8. The molecule has 2 aromatic heterocycles. The van der Waals surface area contributed by atoms with Crippen LogP contribution in [0.2, 0.25) is 5.02 Å². The fourth-order valence-corrected chi connectivity index (χ4v) is 8.57. The molecule has 4 atom stereocenters. The van der Waals surface area contributed by atoms with Gasteiger partial charge in [-0.15, -0.1) is 11.3 Å². The lowest BCUT2D eigenvalue weighted by molar-refractivity contribution is -0.119. The van der Waals surface area contributed by atoms with Crippen molar-refractivity contribution in [3.05, 3.63) is 40.4 Å². The summed E-state index contributed by atoms with van der Waals surface area (Å²) in [6.07, 6.45) is 2.56. The first-order chi connectivity index (χ1) is 22.1. The number of aromatic nitrogens is 2. The lowest BCUT2D eigenvalue weighted by Gasteiger charge is -2.30. The van der Waals surface area contributed by atoms with Gasteiger partial charge in [0, 0.05) is 43.3 Å². The number of amides is 1. The Bertz CT molecular complexity index is 1940. The minimum absolute atomic E-state index is 0.0267. The van der Waals surface area contributed by atoms with Gasteiger partial charge >= 0.3 is 6.01 Å². The number of nitriles is 1. The molecule has 0 spiro atoms. The second kappa shape index (κ2) is 11.7. The van der Waals surface area contributed by atoms with Crippen LogP contribution >= 0.6 is 22.9 Å². The third-order valence-corrected chi connectivity index (χ3v) is 10.7. The van der Waals surface area contributed by atoms with Crippen LogP contribution < -0.4 is 20.5 Å². The number of nitrogens with zero attached hydrogens (tertiary/aromatic N) is 4. The molecule has 1 amide bonds. The van der Waals surface area contributed by atoms with E-state index in [1.54, 1.807) is 0 Å². The molecule has 46 heavy (non-hydrogen) atoms. The van der Waals surface area contributed by atoms with Gasteiger partial charge in [-0.3, -0.25) is 9.69 Å². The topological polar surface area (TPSA) is 126 Å². The Labute approximate surface area is 271 Å². The van der Waals surface area contributed by atoms with Gasteiger partial charge in [0.2, 0.25) is 11.8 Å². The van der Waals surface area contributed by atoms with Crippen LogP contribution in [0.25, 0.3) is 32.1 Å². The number of hydrogen-bond acceptors (Lipinski definition) is 9. The minimum Gasteiger partial charge on any atom is -0.474 e. The molecule has 0 radical (unpaired) electrons. The predicted molar refractivity (Wildman–Crippen MR) is 169 cm³/mol. The van der Waals surface area contributed by atoms with Gasteiger partial charge in [0.25, 0.3) is 0 Å². The highest BCUT2D eigenvalue weighted by molar-refractivity contribution is 7.23. The molecule has 0 unspecified atom stereocenters. The molecule has 0 bridgehead atoms. The molecule has 3 fully saturated rings. The third-order valence-electron chi connectivity index (χ3n) is 9.33. The number of thiophene rings is 1. The number of carbonyl (C=O) groups excluding carboxylic acids is 1. The molecule has 7 rings (SSSR count). The van der Waals surface area contributed by atoms with Crippen LogP contribution in [0.5, 0.6) is 11.9 Å². The molecular weight excluding hydrogens is 641 g/mol. The van der Waals surface area contributed by atoms with Gasteiger partial charge in [0.1, 0.15) is 41.3 Å². The highest BCUT2D eigenvalue weighted by Gasteiger charge is 2.49. The Morgan fingerprint density at radius 2 is 2.15 bits per heavy atom. The summed E-state index contributed by atoms with van der Waals surface area (Å²) in [4.78, 5) is 22.7. The lowest BCUT2D eigenvalue weighted by Crippen LogP contribution is -2.43. The fraction of sp³-hybridized carbons (Fsp3) is 0.438. The van der Waals surface area contributed by atoms with Crippen molar-refractivity contribution >= 4 is 54.8 Å². The zero-order valence-electron chi connectivity index (χ0n) is 24.8. The maximum atomic E-state index is 16.8. The van der Waals surface area contributed by atoms with Gasteiger partial charge in [-0.05, 0) is 49.9 Å². The van der Waals surface area contributed by atoms with Gasteiger partial charge < -0.3 is 20.5 Å². The highest BCUT2D eigenvalue weighted by Crippen LogP contribution is 2.46. The van der Waals surface area contributed by atoms with E-state index in [0.29, 0.717) is 32.2 Å². The second-order valence-electron chi connectivity index (χ2n) is 12.3. The number of carbonyl (C=O) groups is 1. The number of benzene rings is 2. The quantitative estimate of drug-likeness (QED) is 0.235. The number of hydrogen-bond donors (Lipinski definition) is 2. The first-order valence-electron chi connectivity index (χ1n) is 15.1. The van der Waals surface area contributed by atoms with Crippen LogP contribution in [0, 0.1) is 23.0 Å². The number of ether oxygens (including phenoxy) is 2. The molecule has 2 aliphatic heterocycles. The maximum Gasteiger partial charge on any atom is 0.320 e. The lowest BCUT2D eigenvalue weighted by atomic mass is 9.95. The van der Waals surface area contributed by atoms with E-state index in [4.69, 9.17) is 26.8 Å². The minimum atomic E-state index is -0.960. The fourth-order valence-electron chi connectivity index (χ4n) is 7.33. The number of alkyl halides is 1. The standard InChI is InChI=1S/C32H30ClF3N6O3S/c1-15(43)39-17-3-4-18(9-17)45-30-20-10-22(33)25(19-5-6-23(35)28-24(19)21(12-37)29(38)46-28)26(36)27(20)40-31(41-30)44-14-32-7-2-8-42(32)13-16(34)11-32/h5-6,10,16-18H,2-4,7-9,11,13-14,38H2,1H3,(H,39,43)/t16-,17+,18-,32+/m1/s1. The van der Waals surface area contributed by atoms with Crippen molar-refractivity contribution in [2.45, 2.75) is 69.3 Å². The summed E-state index contributed by atoms with van der Waals surface area (Å²) < 4.78 is 58.5. The number of nitrogen functional groups attached to an aromatic ring is 1. The van der Waals surface area contributed by atoms with Crippen LogP contribution in [0.4, 0.5) is 18.2 Å². The van der Waals surface area contributed by atoms with Gasteiger partial charge in [-0.1, -0.05) is 17.7 Å². The smallest absolute Gasteiger partial charge is 0.320 e. The van der Waals surface area contributed by atoms with Gasteiger partial charge in [0.05, 0.1) is 26.2 Å². The van der Waals surface area contributed by atoms with Crippen LogP contribution in [0.15, 0.2) is 18.2 Å². The largest absolute Gasteiger partial charge is 0.474 e. The molecule has 3 aliphatic rings. The zero-order chi connectivity index (χ0) is 32.3. The summed E-state index contributed by atoms with van der Waals surface area (Å²) in [5, 5.41) is 13.1. The molecule has 14 heteroatoms. The normalized spacial score (nSPS) is 24.4. The van der Waals surface area contributed by atoms with E-state index in [2.05, 4.69) is 20.2 Å². The van der Waals surface area contributed by atoms with E-state index in [0.717, 1.165) is 30.7 Å². The van der Waals surface area contributed by atoms with Crippen LogP contribution in [0.1, 0.15) is 51.0 Å². The summed E-state index contributed by atoms with van der Waals surface area (Å²) in [6.45, 7) is 2.69. The zero-order valence-corrected chi connectivity index (χ0v) is 26.4. The Morgan fingerprint density at radius 3 is 2.93 bits per heavy atom. The van der Waals surface area contributed by atoms with Crippen molar-refractivity contribution in [3.63, 3.8) is 0 Å². The number of nitrogens with one attached hydrogen (secondary N) is 1. The monoisotopic (exact) mass is 670 g/mol. The van der Waals surface area contributed by atoms with Crippen LogP contribution in [0.3, 0.4) is 0 Å². The van der Waals surface area contributed by atoms with Crippen molar-refractivity contribution in [1.82, 2.24) is 20.2 Å². The molecule has 3 N–H and O–H groups in total. The summed E-state index contributed by atoms with van der Waals surface area (Å²) in [6, 6.07) is 5.80. The number of anilines is 1. The van der Waals surface area contributed by atoms with Crippen molar-refractivity contribution in [1.29, 1.82) is 5.26 Å². The van der Waals surface area contributed by atoms with Crippen molar-refractivity contribution < 1.29 is 27.4 Å². The number of halogens is 4. The van der Waals surface area contributed by atoms with E-state index in [9.17, 15) is 18.8 Å². The molecule has 4 aromatic rings. The van der Waals surface area contributed by atoms with E-state index < -0.39 is 23.3 Å². The Hall–Kier alpha value is -3.86. The Kier molecular flexibility index (Phi) is 7.85. The summed E-state index contributed by atoms with van der Waals surface area (Å²) in [5.74, 6) is -1.52. The predicted octanol–water partition coefficient (Wildman–Crippen LogP) is 6.29. The SMILES string of the molecule is CC(=O)N[C@H]1CC[C@@H](Oc2nc(OC[C@@]34CCCN3C[C@H](F)C4)nc3c(F)c(-c4ccc(F)c5sc(N)c(C#N)c45)c(Cl)cc23)C1. The van der Waals surface area contributed by atoms with E-state index in [1.807, 2.05) is 6.07 Å². The molecule has 4 heterocycles. The molecule has 2 saturated heterocycles. The Morgan fingerprint density at radius 1 is 1.33 bits per heavy atom. The average Bonchev–Trinajstić information content (AvgIpc) is 3.76. The summed E-state index contributed by atoms with van der Waals surface area (Å²) >= 11 is 7.64. The average molecular weight is 671 g/mol. The van der Waals surface area contributed by atoms with Crippen LogP contribution in [-0.2, 0) is 4.79 Å². The first-order valence-corrected chi connectivity index (χ1v) is 16.3. The van der Waals surface area contributed by atoms with E-state index >= 15 is 4.39 Å². The number of fused-ring (bicyclic) bond motifs is 3. The van der Waals surface area contributed by atoms with Crippen LogP contribution in [-0.4, -0.2) is 64.3 Å². The van der Waals surface area contributed by atoms with Gasteiger partial charge in [-0.2, -0.15) is 15.2 Å². The van der Waals surface area contributed by atoms with Crippen molar-refractivity contribution in [2.24, 2.45) is 0 Å². The second-order valence-corrected chi connectivity index (χ2v) is 13.8. The van der Waals surface area contributed by atoms with Crippen molar-refractivity contribution in [3.8, 4) is 29.1 Å².